The lowest BCUT2D eigenvalue weighted by atomic mass is 9.64. The van der Waals surface area contributed by atoms with Crippen molar-refractivity contribution in [3.05, 3.63) is 51.5 Å². The van der Waals surface area contributed by atoms with Crippen molar-refractivity contribution < 1.29 is 0 Å². The SMILES string of the molecule is CCNc1nc(C2(c3ccccc3)CCC2)ncc1I. The fourth-order valence-corrected chi connectivity index (χ4v) is 3.27. The van der Waals surface area contributed by atoms with Gasteiger partial charge in [-0.25, -0.2) is 9.97 Å². The minimum atomic E-state index is 0.0236. The highest BCUT2D eigenvalue weighted by atomic mass is 127. The zero-order valence-electron chi connectivity index (χ0n) is 11.6. The average molecular weight is 379 g/mol. The van der Waals surface area contributed by atoms with Gasteiger partial charge >= 0.3 is 0 Å². The average Bonchev–Trinajstić information content (AvgIpc) is 2.43. The molecular weight excluding hydrogens is 361 g/mol. The van der Waals surface area contributed by atoms with Crippen LogP contribution in [0.5, 0.6) is 0 Å². The molecule has 1 aromatic carbocycles. The first-order chi connectivity index (χ1) is 9.76. The van der Waals surface area contributed by atoms with E-state index in [4.69, 9.17) is 4.98 Å². The zero-order valence-corrected chi connectivity index (χ0v) is 13.7. The van der Waals surface area contributed by atoms with E-state index < -0.39 is 0 Å². The number of hydrogen-bond donors (Lipinski definition) is 1. The predicted molar refractivity (Wildman–Crippen MR) is 90.0 cm³/mol. The molecule has 0 spiro atoms. The van der Waals surface area contributed by atoms with Crippen LogP contribution in [0.25, 0.3) is 0 Å². The van der Waals surface area contributed by atoms with Crippen LogP contribution in [0, 0.1) is 3.57 Å². The van der Waals surface area contributed by atoms with E-state index in [1.807, 2.05) is 6.20 Å². The second-order valence-electron chi connectivity index (χ2n) is 5.22. The molecule has 0 aliphatic heterocycles. The highest BCUT2D eigenvalue weighted by Gasteiger charge is 2.43. The maximum absolute atomic E-state index is 4.80. The molecule has 4 heteroatoms. The summed E-state index contributed by atoms with van der Waals surface area (Å²) < 4.78 is 1.08. The summed E-state index contributed by atoms with van der Waals surface area (Å²) in [4.78, 5) is 9.44. The van der Waals surface area contributed by atoms with Crippen LogP contribution in [0.4, 0.5) is 5.82 Å². The Morgan fingerprint density at radius 1 is 1.25 bits per heavy atom. The first-order valence-corrected chi connectivity index (χ1v) is 8.16. The maximum Gasteiger partial charge on any atom is 0.143 e. The Hall–Kier alpha value is -1.17. The van der Waals surface area contributed by atoms with Crippen LogP contribution in [-0.4, -0.2) is 16.5 Å². The maximum atomic E-state index is 4.80. The number of nitrogens with one attached hydrogen (secondary N) is 1. The fourth-order valence-electron chi connectivity index (χ4n) is 2.82. The van der Waals surface area contributed by atoms with Crippen molar-refractivity contribution in [1.29, 1.82) is 0 Å². The number of halogens is 1. The van der Waals surface area contributed by atoms with Gasteiger partial charge in [-0.1, -0.05) is 36.8 Å². The number of nitrogens with zero attached hydrogens (tertiary/aromatic N) is 2. The van der Waals surface area contributed by atoms with Gasteiger partial charge in [0.25, 0.3) is 0 Å². The van der Waals surface area contributed by atoms with Gasteiger partial charge in [0.2, 0.25) is 0 Å². The Morgan fingerprint density at radius 3 is 2.60 bits per heavy atom. The molecule has 3 nitrogen and oxygen atoms in total. The van der Waals surface area contributed by atoms with E-state index in [-0.39, 0.29) is 5.41 Å². The topological polar surface area (TPSA) is 37.8 Å². The van der Waals surface area contributed by atoms with Crippen molar-refractivity contribution in [1.82, 2.24) is 9.97 Å². The molecule has 1 heterocycles. The molecule has 0 radical (unpaired) electrons. The summed E-state index contributed by atoms with van der Waals surface area (Å²) in [7, 11) is 0. The lowest BCUT2D eigenvalue weighted by molar-refractivity contribution is 0.285. The van der Waals surface area contributed by atoms with Crippen molar-refractivity contribution in [2.45, 2.75) is 31.6 Å². The van der Waals surface area contributed by atoms with E-state index >= 15 is 0 Å². The molecule has 0 amide bonds. The van der Waals surface area contributed by atoms with E-state index in [2.05, 4.69) is 70.1 Å². The van der Waals surface area contributed by atoms with Gasteiger partial charge in [0, 0.05) is 12.7 Å². The van der Waals surface area contributed by atoms with Gasteiger partial charge in [0.05, 0.1) is 8.99 Å². The Morgan fingerprint density at radius 2 is 2.00 bits per heavy atom. The van der Waals surface area contributed by atoms with Gasteiger partial charge in [0.15, 0.2) is 0 Å². The second kappa shape index (κ2) is 5.68. The van der Waals surface area contributed by atoms with Crippen molar-refractivity contribution in [2.75, 3.05) is 11.9 Å². The Bertz CT molecular complexity index is 594. The van der Waals surface area contributed by atoms with E-state index in [0.717, 1.165) is 34.6 Å². The van der Waals surface area contributed by atoms with Gasteiger partial charge in [-0.3, -0.25) is 0 Å². The molecule has 20 heavy (non-hydrogen) atoms. The third-order valence-electron chi connectivity index (χ3n) is 4.05. The van der Waals surface area contributed by atoms with Gasteiger partial charge in [-0.05, 0) is 47.9 Å². The molecule has 1 saturated carbocycles. The molecule has 1 N–H and O–H groups in total. The van der Waals surface area contributed by atoms with Crippen molar-refractivity contribution in [2.24, 2.45) is 0 Å². The van der Waals surface area contributed by atoms with Crippen LogP contribution >= 0.6 is 22.6 Å². The number of aromatic nitrogens is 2. The quantitative estimate of drug-likeness (QED) is 0.817. The minimum Gasteiger partial charge on any atom is -0.369 e. The first kappa shape index (κ1) is 13.8. The van der Waals surface area contributed by atoms with Crippen molar-refractivity contribution in [3.63, 3.8) is 0 Å². The van der Waals surface area contributed by atoms with Crippen LogP contribution < -0.4 is 5.32 Å². The number of benzene rings is 1. The molecule has 1 aliphatic rings. The van der Waals surface area contributed by atoms with Gasteiger partial charge in [-0.2, -0.15) is 0 Å². The molecule has 3 rings (SSSR count). The van der Waals surface area contributed by atoms with Crippen molar-refractivity contribution in [3.8, 4) is 0 Å². The van der Waals surface area contributed by atoms with Crippen LogP contribution in [-0.2, 0) is 5.41 Å². The van der Waals surface area contributed by atoms with Gasteiger partial charge < -0.3 is 5.32 Å². The third kappa shape index (κ3) is 2.30. The minimum absolute atomic E-state index is 0.0236. The smallest absolute Gasteiger partial charge is 0.143 e. The largest absolute Gasteiger partial charge is 0.369 e. The second-order valence-corrected chi connectivity index (χ2v) is 6.38. The molecular formula is C16H18IN3. The molecule has 0 bridgehead atoms. The third-order valence-corrected chi connectivity index (χ3v) is 4.84. The Kier molecular flexibility index (Phi) is 3.92. The molecule has 1 fully saturated rings. The fraction of sp³-hybridized carbons (Fsp3) is 0.375. The molecule has 0 atom stereocenters. The summed E-state index contributed by atoms with van der Waals surface area (Å²) in [5.41, 5.74) is 1.37. The van der Waals surface area contributed by atoms with E-state index in [1.165, 1.54) is 12.0 Å². The number of hydrogen-bond acceptors (Lipinski definition) is 3. The molecule has 0 saturated heterocycles. The first-order valence-electron chi connectivity index (χ1n) is 7.09. The summed E-state index contributed by atoms with van der Waals surface area (Å²) in [6.07, 6.45) is 5.47. The van der Waals surface area contributed by atoms with Gasteiger partial charge in [0.1, 0.15) is 11.6 Å². The van der Waals surface area contributed by atoms with Crippen LogP contribution in [0.2, 0.25) is 0 Å². The predicted octanol–water partition coefficient (Wildman–Crippen LogP) is 3.98. The lowest BCUT2D eigenvalue weighted by Gasteiger charge is -2.41. The van der Waals surface area contributed by atoms with Crippen LogP contribution in [0.1, 0.15) is 37.6 Å². The van der Waals surface area contributed by atoms with Crippen LogP contribution in [0.3, 0.4) is 0 Å². The highest BCUT2D eigenvalue weighted by Crippen LogP contribution is 2.47. The van der Waals surface area contributed by atoms with E-state index in [1.54, 1.807) is 0 Å². The standard InChI is InChI=1S/C16H18IN3/c1-2-18-14-13(17)11-19-15(20-14)16(9-6-10-16)12-7-4-3-5-8-12/h3-5,7-8,11H,2,6,9-10H2,1H3,(H,18,19,20). The number of rotatable bonds is 4. The monoisotopic (exact) mass is 379 g/mol. The summed E-state index contributed by atoms with van der Waals surface area (Å²) in [6.45, 7) is 2.97. The lowest BCUT2D eigenvalue weighted by Crippen LogP contribution is -2.37. The summed E-state index contributed by atoms with van der Waals surface area (Å²) in [5.74, 6) is 1.92. The summed E-state index contributed by atoms with van der Waals surface area (Å²) >= 11 is 2.29. The van der Waals surface area contributed by atoms with E-state index in [9.17, 15) is 0 Å². The molecule has 104 valence electrons. The summed E-state index contributed by atoms with van der Waals surface area (Å²) in [5, 5.41) is 3.33. The number of anilines is 1. The highest BCUT2D eigenvalue weighted by molar-refractivity contribution is 14.1. The summed E-state index contributed by atoms with van der Waals surface area (Å²) in [6, 6.07) is 10.7. The zero-order chi connectivity index (χ0) is 14.0. The molecule has 1 aliphatic carbocycles. The normalized spacial score (nSPS) is 16.5. The molecule has 2 aromatic rings. The Balaban J connectivity index is 2.04. The molecule has 0 unspecified atom stereocenters. The Labute approximate surface area is 133 Å². The van der Waals surface area contributed by atoms with E-state index in [0.29, 0.717) is 0 Å². The van der Waals surface area contributed by atoms with Crippen molar-refractivity contribution >= 4 is 28.4 Å². The van der Waals surface area contributed by atoms with Crippen LogP contribution in [0.15, 0.2) is 36.5 Å². The van der Waals surface area contributed by atoms with Gasteiger partial charge in [-0.15, -0.1) is 0 Å². The molecule has 1 aromatic heterocycles.